The molecular formula is C12H12N4O5. The van der Waals surface area contributed by atoms with Crippen LogP contribution in [0.25, 0.3) is 0 Å². The van der Waals surface area contributed by atoms with E-state index in [1.54, 1.807) is 6.92 Å². The number of aromatic nitrogens is 2. The maximum atomic E-state index is 10.8. The molecule has 0 aliphatic carbocycles. The molecule has 0 spiro atoms. The van der Waals surface area contributed by atoms with Crippen molar-refractivity contribution in [2.45, 2.75) is 20.1 Å². The molecule has 0 radical (unpaired) electrons. The van der Waals surface area contributed by atoms with Crippen LogP contribution < -0.4 is 4.74 Å². The van der Waals surface area contributed by atoms with Crippen LogP contribution in [0.1, 0.15) is 12.7 Å². The van der Waals surface area contributed by atoms with Crippen molar-refractivity contribution in [2.24, 2.45) is 0 Å². The molecule has 0 aliphatic heterocycles. The van der Waals surface area contributed by atoms with Crippen molar-refractivity contribution in [3.8, 4) is 5.75 Å². The smallest absolute Gasteiger partial charge is 0.342 e. The van der Waals surface area contributed by atoms with Crippen LogP contribution in [0.3, 0.4) is 0 Å². The summed E-state index contributed by atoms with van der Waals surface area (Å²) in [7, 11) is 0. The van der Waals surface area contributed by atoms with Gasteiger partial charge in [-0.25, -0.2) is 9.55 Å². The Morgan fingerprint density at radius 2 is 1.86 bits per heavy atom. The predicted molar refractivity (Wildman–Crippen MR) is 72.0 cm³/mol. The van der Waals surface area contributed by atoms with Gasteiger partial charge in [-0.05, 0) is 24.0 Å². The molecule has 0 saturated carbocycles. The molecule has 0 aliphatic rings. The van der Waals surface area contributed by atoms with Crippen LogP contribution in [0.5, 0.6) is 5.75 Å². The maximum Gasteiger partial charge on any atom is 0.342 e. The van der Waals surface area contributed by atoms with Crippen molar-refractivity contribution in [3.05, 3.63) is 56.5 Å². The third-order valence-corrected chi connectivity index (χ3v) is 2.84. The zero-order chi connectivity index (χ0) is 15.4. The zero-order valence-electron chi connectivity index (χ0n) is 11.1. The lowest BCUT2D eigenvalue weighted by Gasteiger charge is -2.05. The Labute approximate surface area is 119 Å². The van der Waals surface area contributed by atoms with Crippen LogP contribution >= 0.6 is 0 Å². The molecule has 1 aromatic heterocycles. The number of benzene rings is 1. The molecule has 2 aromatic rings. The summed E-state index contributed by atoms with van der Waals surface area (Å²) < 4.78 is 6.87. The van der Waals surface area contributed by atoms with Gasteiger partial charge < -0.3 is 14.9 Å². The minimum atomic E-state index is -0.508. The first-order valence-electron chi connectivity index (χ1n) is 6.09. The summed E-state index contributed by atoms with van der Waals surface area (Å²) in [6.45, 7) is 2.21. The fourth-order valence-corrected chi connectivity index (χ4v) is 1.82. The van der Waals surface area contributed by atoms with Crippen molar-refractivity contribution < 1.29 is 14.6 Å². The van der Waals surface area contributed by atoms with Gasteiger partial charge in [-0.2, -0.15) is 0 Å². The van der Waals surface area contributed by atoms with E-state index in [1.807, 2.05) is 0 Å². The molecule has 2 rings (SSSR count). The summed E-state index contributed by atoms with van der Waals surface area (Å²) >= 11 is 0. The second-order valence-electron chi connectivity index (χ2n) is 4.07. The Hall–Kier alpha value is -2.97. The van der Waals surface area contributed by atoms with Gasteiger partial charge in [0.1, 0.15) is 11.9 Å². The number of nitro benzene ring substituents is 1. The summed E-state index contributed by atoms with van der Waals surface area (Å²) in [4.78, 5) is 24.3. The molecule has 110 valence electrons. The lowest BCUT2D eigenvalue weighted by molar-refractivity contribution is -0.392. The Kier molecular flexibility index (Phi) is 4.12. The third kappa shape index (κ3) is 3.14. The Balaban J connectivity index is 2.09. The van der Waals surface area contributed by atoms with E-state index in [0.29, 0.717) is 18.1 Å². The number of non-ortho nitro benzene ring substituents is 1. The summed E-state index contributed by atoms with van der Waals surface area (Å²) in [5, 5.41) is 21.3. The standard InChI is InChI=1S/C12H12N4O5/c1-2-14-11(13-7-12(14)16(19)20)8-21-10-5-3-9(4-6-10)15(17)18/h3-7H,2,8H2,1H3. The third-order valence-electron chi connectivity index (χ3n) is 2.84. The van der Waals surface area contributed by atoms with E-state index in [9.17, 15) is 20.2 Å². The molecule has 9 heteroatoms. The summed E-state index contributed by atoms with van der Waals surface area (Å²) in [6.07, 6.45) is 1.18. The van der Waals surface area contributed by atoms with Gasteiger partial charge in [0.2, 0.25) is 5.82 Å². The first-order chi connectivity index (χ1) is 10.0. The van der Waals surface area contributed by atoms with E-state index in [2.05, 4.69) is 4.98 Å². The molecule has 0 amide bonds. The Morgan fingerprint density at radius 1 is 1.19 bits per heavy atom. The van der Waals surface area contributed by atoms with Gasteiger partial charge in [0.25, 0.3) is 5.69 Å². The van der Waals surface area contributed by atoms with Gasteiger partial charge >= 0.3 is 5.82 Å². The Morgan fingerprint density at radius 3 is 2.38 bits per heavy atom. The number of hydrogen-bond donors (Lipinski definition) is 0. The quantitative estimate of drug-likeness (QED) is 0.596. The molecular weight excluding hydrogens is 280 g/mol. The molecule has 0 unspecified atom stereocenters. The Bertz CT molecular complexity index is 665. The van der Waals surface area contributed by atoms with Crippen LogP contribution in [0.4, 0.5) is 11.5 Å². The minimum absolute atomic E-state index is 0.0342. The normalized spacial score (nSPS) is 10.3. The zero-order valence-corrected chi connectivity index (χ0v) is 11.1. The first kappa shape index (κ1) is 14.4. The fraction of sp³-hybridized carbons (Fsp3) is 0.250. The average Bonchev–Trinajstić information content (AvgIpc) is 2.88. The van der Waals surface area contributed by atoms with Crippen LogP contribution in [0.15, 0.2) is 30.5 Å². The van der Waals surface area contributed by atoms with Crippen LogP contribution in [0, 0.1) is 20.2 Å². The summed E-state index contributed by atoms with van der Waals surface area (Å²) in [5.74, 6) is 0.747. The topological polar surface area (TPSA) is 113 Å². The van der Waals surface area contributed by atoms with Crippen molar-refractivity contribution in [1.29, 1.82) is 0 Å². The number of hydrogen-bond acceptors (Lipinski definition) is 6. The van der Waals surface area contributed by atoms with E-state index >= 15 is 0 Å². The van der Waals surface area contributed by atoms with Gasteiger partial charge in [0, 0.05) is 12.1 Å². The molecule has 0 N–H and O–H groups in total. The van der Waals surface area contributed by atoms with Crippen molar-refractivity contribution in [3.63, 3.8) is 0 Å². The van der Waals surface area contributed by atoms with Gasteiger partial charge in [-0.15, -0.1) is 0 Å². The summed E-state index contributed by atoms with van der Waals surface area (Å²) in [6, 6.07) is 5.58. The molecule has 21 heavy (non-hydrogen) atoms. The lowest BCUT2D eigenvalue weighted by atomic mass is 10.3. The van der Waals surface area contributed by atoms with E-state index in [4.69, 9.17) is 4.74 Å². The maximum absolute atomic E-state index is 10.8. The van der Waals surface area contributed by atoms with Crippen LogP contribution in [-0.2, 0) is 13.2 Å². The highest BCUT2D eigenvalue weighted by Crippen LogP contribution is 2.19. The van der Waals surface area contributed by atoms with Gasteiger partial charge in [0.15, 0.2) is 6.61 Å². The molecule has 0 fully saturated rings. The number of ether oxygens (including phenoxy) is 1. The van der Waals surface area contributed by atoms with Crippen LogP contribution in [0.2, 0.25) is 0 Å². The largest absolute Gasteiger partial charge is 0.483 e. The second kappa shape index (κ2) is 5.99. The fourth-order valence-electron chi connectivity index (χ4n) is 1.82. The van der Waals surface area contributed by atoms with Gasteiger partial charge in [0.05, 0.1) is 11.5 Å². The first-order valence-corrected chi connectivity index (χ1v) is 6.09. The number of nitrogens with zero attached hydrogens (tertiary/aromatic N) is 4. The van der Waals surface area contributed by atoms with E-state index < -0.39 is 9.85 Å². The average molecular weight is 292 g/mol. The molecule has 0 atom stereocenters. The number of nitro groups is 2. The van der Waals surface area contributed by atoms with E-state index in [0.717, 1.165) is 0 Å². The molecule has 0 bridgehead atoms. The van der Waals surface area contributed by atoms with Crippen molar-refractivity contribution in [2.75, 3.05) is 0 Å². The monoisotopic (exact) mass is 292 g/mol. The van der Waals surface area contributed by atoms with Crippen molar-refractivity contribution >= 4 is 11.5 Å². The molecule has 1 aromatic carbocycles. The second-order valence-corrected chi connectivity index (χ2v) is 4.07. The van der Waals surface area contributed by atoms with Gasteiger partial charge in [-0.1, -0.05) is 0 Å². The molecule has 0 saturated heterocycles. The summed E-state index contributed by atoms with van der Waals surface area (Å²) in [5.41, 5.74) is -0.0342. The predicted octanol–water partition coefficient (Wildman–Crippen LogP) is 2.30. The highest BCUT2D eigenvalue weighted by atomic mass is 16.6. The van der Waals surface area contributed by atoms with E-state index in [1.165, 1.54) is 35.0 Å². The highest BCUT2D eigenvalue weighted by Gasteiger charge is 2.19. The SMILES string of the molecule is CCn1c([N+](=O)[O-])cnc1COc1ccc([N+](=O)[O-])cc1. The highest BCUT2D eigenvalue weighted by molar-refractivity contribution is 5.36. The lowest BCUT2D eigenvalue weighted by Crippen LogP contribution is -2.08. The van der Waals surface area contributed by atoms with E-state index in [-0.39, 0.29) is 18.1 Å². The minimum Gasteiger partial charge on any atom is -0.483 e. The van der Waals surface area contributed by atoms with Gasteiger partial charge in [-0.3, -0.25) is 10.1 Å². The number of rotatable bonds is 6. The molecule has 1 heterocycles. The number of imidazole rings is 1. The molecule has 9 nitrogen and oxygen atoms in total. The van der Waals surface area contributed by atoms with Crippen LogP contribution in [-0.4, -0.2) is 19.4 Å². The van der Waals surface area contributed by atoms with Crippen molar-refractivity contribution in [1.82, 2.24) is 9.55 Å².